The van der Waals surface area contributed by atoms with Crippen LogP contribution in [0.3, 0.4) is 0 Å². The van der Waals surface area contributed by atoms with Gasteiger partial charge in [-0.25, -0.2) is 0 Å². The van der Waals surface area contributed by atoms with Crippen LogP contribution in [-0.4, -0.2) is 60.0 Å². The summed E-state index contributed by atoms with van der Waals surface area (Å²) in [5, 5.41) is 0.972. The third-order valence-corrected chi connectivity index (χ3v) is 5.70. The van der Waals surface area contributed by atoms with Crippen LogP contribution in [0.1, 0.15) is 18.5 Å². The Balaban J connectivity index is 1.42. The zero-order chi connectivity index (χ0) is 19.9. The summed E-state index contributed by atoms with van der Waals surface area (Å²) in [6, 6.07) is 11.2. The van der Waals surface area contributed by atoms with Crippen molar-refractivity contribution in [3.63, 3.8) is 0 Å². The Morgan fingerprint density at radius 2 is 2.04 bits per heavy atom. The Labute approximate surface area is 176 Å². The van der Waals surface area contributed by atoms with Gasteiger partial charge in [0.05, 0.1) is 5.02 Å². The number of carbonyl (C=O) groups is 1. The average Bonchev–Trinajstić information content (AvgIpc) is 2.73. The molecule has 0 aliphatic carbocycles. The van der Waals surface area contributed by atoms with E-state index in [2.05, 4.69) is 16.0 Å². The Hall–Kier alpha value is -1.82. The zero-order valence-electron chi connectivity index (χ0n) is 16.0. The van der Waals surface area contributed by atoms with Crippen LogP contribution in [-0.2, 0) is 11.2 Å². The molecule has 1 fully saturated rings. The van der Waals surface area contributed by atoms with Crippen molar-refractivity contribution in [3.8, 4) is 5.75 Å². The first kappa shape index (κ1) is 20.9. The molecule has 0 radical (unpaired) electrons. The van der Waals surface area contributed by atoms with Gasteiger partial charge >= 0.3 is 0 Å². The standard InChI is InChI=1S/C21H25Cl2N3O2/c1-25(21(27)15-28-20-14-16(22)5-6-19(20)23)18-8-12-26(13-9-18)11-7-17-4-2-3-10-24-17/h2-6,10,14,18H,7-9,11-13,15H2,1H3. The number of rotatable bonds is 7. The maximum atomic E-state index is 12.5. The Morgan fingerprint density at radius 1 is 1.25 bits per heavy atom. The molecule has 2 aromatic rings. The van der Waals surface area contributed by atoms with Crippen molar-refractivity contribution in [3.05, 3.63) is 58.3 Å². The maximum Gasteiger partial charge on any atom is 0.260 e. The van der Waals surface area contributed by atoms with Crippen molar-refractivity contribution in [1.29, 1.82) is 0 Å². The maximum absolute atomic E-state index is 12.5. The van der Waals surface area contributed by atoms with Gasteiger partial charge in [-0.05, 0) is 37.1 Å². The number of amides is 1. The van der Waals surface area contributed by atoms with Gasteiger partial charge in [0.25, 0.3) is 5.91 Å². The second-order valence-corrected chi connectivity index (χ2v) is 7.86. The minimum Gasteiger partial charge on any atom is -0.482 e. The monoisotopic (exact) mass is 421 g/mol. The highest BCUT2D eigenvalue weighted by atomic mass is 35.5. The summed E-state index contributed by atoms with van der Waals surface area (Å²) in [5.41, 5.74) is 1.12. The average molecular weight is 422 g/mol. The summed E-state index contributed by atoms with van der Waals surface area (Å²) < 4.78 is 5.58. The SMILES string of the molecule is CN(C(=O)COc1cc(Cl)ccc1Cl)C1CCN(CCc2ccccn2)CC1. The number of nitrogens with zero attached hydrogens (tertiary/aromatic N) is 3. The van der Waals surface area contributed by atoms with Gasteiger partial charge in [0.15, 0.2) is 6.61 Å². The summed E-state index contributed by atoms with van der Waals surface area (Å²) in [7, 11) is 1.85. The lowest BCUT2D eigenvalue weighted by Crippen LogP contribution is -2.47. The Bertz CT molecular complexity index is 780. The zero-order valence-corrected chi connectivity index (χ0v) is 17.5. The fourth-order valence-electron chi connectivity index (χ4n) is 3.38. The van der Waals surface area contributed by atoms with Gasteiger partial charge in [0, 0.05) is 62.1 Å². The summed E-state index contributed by atoms with van der Waals surface area (Å²) in [4.78, 5) is 21.1. The fraction of sp³-hybridized carbons (Fsp3) is 0.429. The van der Waals surface area contributed by atoms with E-state index in [0.717, 1.165) is 44.6 Å². The number of pyridine rings is 1. The highest BCUT2D eigenvalue weighted by molar-refractivity contribution is 6.34. The Kier molecular flexibility index (Phi) is 7.54. The van der Waals surface area contributed by atoms with Crippen molar-refractivity contribution >= 4 is 29.1 Å². The van der Waals surface area contributed by atoms with E-state index in [-0.39, 0.29) is 18.6 Å². The summed E-state index contributed by atoms with van der Waals surface area (Å²) >= 11 is 12.0. The molecule has 7 heteroatoms. The van der Waals surface area contributed by atoms with E-state index in [9.17, 15) is 4.79 Å². The number of piperidine rings is 1. The number of aromatic nitrogens is 1. The predicted molar refractivity (Wildman–Crippen MR) is 112 cm³/mol. The van der Waals surface area contributed by atoms with Gasteiger partial charge in [-0.15, -0.1) is 0 Å². The first-order valence-electron chi connectivity index (χ1n) is 9.48. The van der Waals surface area contributed by atoms with Crippen molar-refractivity contribution in [2.45, 2.75) is 25.3 Å². The van der Waals surface area contributed by atoms with E-state index in [1.807, 2.05) is 25.4 Å². The summed E-state index contributed by atoms with van der Waals surface area (Å²) in [5.74, 6) is 0.378. The molecule has 28 heavy (non-hydrogen) atoms. The number of hydrogen-bond acceptors (Lipinski definition) is 4. The minimum atomic E-state index is -0.0528. The first-order valence-corrected chi connectivity index (χ1v) is 10.2. The van der Waals surface area contributed by atoms with Crippen LogP contribution in [0.5, 0.6) is 5.75 Å². The third-order valence-electron chi connectivity index (χ3n) is 5.15. The van der Waals surface area contributed by atoms with Crippen LogP contribution >= 0.6 is 23.2 Å². The van der Waals surface area contributed by atoms with E-state index in [4.69, 9.17) is 27.9 Å². The van der Waals surface area contributed by atoms with E-state index >= 15 is 0 Å². The molecule has 0 N–H and O–H groups in total. The number of likely N-dealkylation sites (N-methyl/N-ethyl adjacent to an activating group) is 1. The van der Waals surface area contributed by atoms with E-state index < -0.39 is 0 Å². The smallest absolute Gasteiger partial charge is 0.260 e. The molecule has 2 heterocycles. The number of carbonyl (C=O) groups excluding carboxylic acids is 1. The van der Waals surface area contributed by atoms with Crippen LogP contribution in [0.15, 0.2) is 42.6 Å². The molecule has 1 aliphatic rings. The van der Waals surface area contributed by atoms with Gasteiger partial charge in [-0.3, -0.25) is 9.78 Å². The predicted octanol–water partition coefficient (Wildman–Crippen LogP) is 3.93. The molecule has 0 unspecified atom stereocenters. The molecular formula is C21H25Cl2N3O2. The van der Waals surface area contributed by atoms with Crippen LogP contribution in [0.4, 0.5) is 0 Å². The van der Waals surface area contributed by atoms with Crippen LogP contribution in [0.2, 0.25) is 10.0 Å². The summed E-state index contributed by atoms with van der Waals surface area (Å²) in [6.07, 6.45) is 4.71. The molecule has 1 aliphatic heterocycles. The molecule has 0 bridgehead atoms. The molecular weight excluding hydrogens is 397 g/mol. The van der Waals surface area contributed by atoms with E-state index in [0.29, 0.717) is 15.8 Å². The quantitative estimate of drug-likeness (QED) is 0.679. The van der Waals surface area contributed by atoms with Crippen LogP contribution < -0.4 is 4.74 Å². The molecule has 1 saturated heterocycles. The lowest BCUT2D eigenvalue weighted by atomic mass is 10.0. The molecule has 0 atom stereocenters. The normalized spacial score (nSPS) is 15.4. The van der Waals surface area contributed by atoms with E-state index in [1.54, 1.807) is 23.1 Å². The second kappa shape index (κ2) is 10.1. The Morgan fingerprint density at radius 3 is 2.75 bits per heavy atom. The summed E-state index contributed by atoms with van der Waals surface area (Å²) in [6.45, 7) is 2.92. The first-order chi connectivity index (χ1) is 13.5. The highest BCUT2D eigenvalue weighted by Gasteiger charge is 2.25. The topological polar surface area (TPSA) is 45.7 Å². The number of hydrogen-bond donors (Lipinski definition) is 0. The van der Waals surface area contributed by atoms with Crippen LogP contribution in [0, 0.1) is 0 Å². The van der Waals surface area contributed by atoms with E-state index in [1.165, 1.54) is 0 Å². The van der Waals surface area contributed by atoms with Crippen molar-refractivity contribution < 1.29 is 9.53 Å². The number of halogens is 2. The van der Waals surface area contributed by atoms with Crippen molar-refractivity contribution in [2.75, 3.05) is 33.3 Å². The molecule has 1 aromatic carbocycles. The van der Waals surface area contributed by atoms with Gasteiger partial charge in [0.2, 0.25) is 0 Å². The number of likely N-dealkylation sites (tertiary alicyclic amines) is 1. The van der Waals surface area contributed by atoms with Gasteiger partial charge in [0.1, 0.15) is 5.75 Å². The lowest BCUT2D eigenvalue weighted by molar-refractivity contribution is -0.135. The second-order valence-electron chi connectivity index (χ2n) is 7.01. The van der Waals surface area contributed by atoms with Gasteiger partial charge in [-0.2, -0.15) is 0 Å². The molecule has 0 saturated carbocycles. The number of benzene rings is 1. The molecule has 0 spiro atoms. The van der Waals surface area contributed by atoms with Crippen LogP contribution in [0.25, 0.3) is 0 Å². The fourth-order valence-corrected chi connectivity index (χ4v) is 3.72. The number of ether oxygens (including phenoxy) is 1. The van der Waals surface area contributed by atoms with Crippen molar-refractivity contribution in [1.82, 2.24) is 14.8 Å². The lowest BCUT2D eigenvalue weighted by Gasteiger charge is -2.36. The van der Waals surface area contributed by atoms with Crippen molar-refractivity contribution in [2.24, 2.45) is 0 Å². The molecule has 1 amide bonds. The molecule has 1 aromatic heterocycles. The minimum absolute atomic E-state index is 0.0452. The molecule has 150 valence electrons. The molecule has 5 nitrogen and oxygen atoms in total. The van der Waals surface area contributed by atoms with Gasteiger partial charge in [-0.1, -0.05) is 29.3 Å². The molecule has 3 rings (SSSR count). The highest BCUT2D eigenvalue weighted by Crippen LogP contribution is 2.27. The van der Waals surface area contributed by atoms with Gasteiger partial charge < -0.3 is 14.5 Å². The largest absolute Gasteiger partial charge is 0.482 e. The third kappa shape index (κ3) is 5.84.